The molecule has 2 saturated carbocycles. The van der Waals surface area contributed by atoms with Gasteiger partial charge in [0.1, 0.15) is 0 Å². The smallest absolute Gasteiger partial charge is 0.166 e. The van der Waals surface area contributed by atoms with Crippen LogP contribution in [0, 0.1) is 90.6 Å². The Hall–Kier alpha value is -2.58. The molecular weight excluding hydrogens is 874 g/mol. The summed E-state index contributed by atoms with van der Waals surface area (Å²) in [5, 5.41) is 0.333. The van der Waals surface area contributed by atoms with E-state index in [2.05, 4.69) is 0 Å². The average Bonchev–Trinajstić information content (AvgIpc) is 3.83. The molecule has 0 aliphatic heterocycles. The van der Waals surface area contributed by atoms with E-state index in [-0.39, 0.29) is 34.9 Å². The molecule has 314 valence electrons. The maximum Gasteiger partial charge on any atom is 0.416 e. The third-order valence-electron chi connectivity index (χ3n) is 9.09. The largest absolute Gasteiger partial charge is 0.416 e. The third kappa shape index (κ3) is 12.5. The fourth-order valence-electron chi connectivity index (χ4n) is 6.78. The minimum absolute atomic E-state index is 0. The first kappa shape index (κ1) is 49.1. The van der Waals surface area contributed by atoms with E-state index >= 15 is 0 Å². The van der Waals surface area contributed by atoms with Gasteiger partial charge in [0.05, 0.1) is 22.3 Å². The standard InChI is InChI=1S/C39H31F12P2.C5H5.Fe/c1-21-9-22(2)12-30(11-21)52(31-13-23(3)10-24(4)14-31)25(5)34-7-6-8-35(34)53(32-17-26(36(40,41)42)15-27(18-32)37(43,44)45)33-19-28(38(46,47)48)16-29(20-33)39(49,50)51;1-2-4-5-3-1;/h6-20,25H,1-5H3;1-5H;/t25-;;/m1../s1. The molecule has 0 unspecified atom stereocenters. The van der Waals surface area contributed by atoms with Gasteiger partial charge in [-0.2, -0.15) is 52.7 Å². The van der Waals surface area contributed by atoms with Crippen LogP contribution >= 0.6 is 15.8 Å². The van der Waals surface area contributed by atoms with Crippen LogP contribution in [0.25, 0.3) is 0 Å². The predicted molar refractivity (Wildman–Crippen MR) is 207 cm³/mol. The van der Waals surface area contributed by atoms with Gasteiger partial charge < -0.3 is 0 Å². The van der Waals surface area contributed by atoms with Crippen molar-refractivity contribution in [3.63, 3.8) is 0 Å². The van der Waals surface area contributed by atoms with E-state index in [1.165, 1.54) is 12.8 Å². The maximum atomic E-state index is 14.1. The van der Waals surface area contributed by atoms with Crippen LogP contribution in [0.15, 0.2) is 72.8 Å². The van der Waals surface area contributed by atoms with Crippen molar-refractivity contribution < 1.29 is 69.8 Å². The van der Waals surface area contributed by atoms with Crippen molar-refractivity contribution in [2.24, 2.45) is 0 Å². The van der Waals surface area contributed by atoms with E-state index in [9.17, 15) is 52.7 Å². The molecular formula is C44H36F12FeP2. The van der Waals surface area contributed by atoms with Gasteiger partial charge in [-0.25, -0.2) is 0 Å². The summed E-state index contributed by atoms with van der Waals surface area (Å²) in [6.45, 7) is 9.36. The van der Waals surface area contributed by atoms with Gasteiger partial charge in [0.2, 0.25) is 0 Å². The number of rotatable bonds is 7. The molecule has 0 saturated heterocycles. The van der Waals surface area contributed by atoms with Crippen molar-refractivity contribution in [3.05, 3.63) is 180 Å². The molecule has 59 heavy (non-hydrogen) atoms. The number of alkyl halides is 12. The second-order valence-electron chi connectivity index (χ2n) is 13.9. The van der Waals surface area contributed by atoms with E-state index in [0.29, 0.717) is 30.2 Å². The third-order valence-corrected chi connectivity index (χ3v) is 14.2. The second-order valence-corrected chi connectivity index (χ2v) is 18.7. The Morgan fingerprint density at radius 3 is 0.983 bits per heavy atom. The molecule has 1 atom stereocenters. The van der Waals surface area contributed by atoms with E-state index in [4.69, 9.17) is 0 Å². The molecule has 0 heterocycles. The maximum absolute atomic E-state index is 14.1. The Morgan fingerprint density at radius 2 is 0.695 bits per heavy atom. The monoisotopic (exact) mass is 910 g/mol. The molecule has 15 heteroatoms. The quantitative estimate of drug-likeness (QED) is 0.0985. The molecule has 0 aromatic heterocycles. The second kappa shape index (κ2) is 19.2. The zero-order valence-electron chi connectivity index (χ0n) is 31.9. The van der Waals surface area contributed by atoms with Crippen LogP contribution in [-0.2, 0) is 41.8 Å². The van der Waals surface area contributed by atoms with Crippen LogP contribution in [0.1, 0.15) is 51.4 Å². The topological polar surface area (TPSA) is 0 Å². The first-order valence-corrected chi connectivity index (χ1v) is 20.4. The number of hydrogen-bond acceptors (Lipinski definition) is 0. The van der Waals surface area contributed by atoms with Gasteiger partial charge in [-0.3, -0.25) is 0 Å². The summed E-state index contributed by atoms with van der Waals surface area (Å²) >= 11 is 0. The zero-order chi connectivity index (χ0) is 43.0. The average molecular weight is 911 g/mol. The summed E-state index contributed by atoms with van der Waals surface area (Å²) < 4.78 is 170. The molecule has 0 amide bonds. The van der Waals surface area contributed by atoms with Gasteiger partial charge in [0, 0.05) is 22.7 Å². The minimum Gasteiger partial charge on any atom is -0.166 e. The fraction of sp³-hybridized carbons (Fsp3) is 0.227. The molecule has 0 N–H and O–H groups in total. The van der Waals surface area contributed by atoms with Crippen molar-refractivity contribution in [1.29, 1.82) is 0 Å². The molecule has 6 rings (SSSR count). The first-order chi connectivity index (χ1) is 26.8. The summed E-state index contributed by atoms with van der Waals surface area (Å²) in [4.78, 5) is 0. The summed E-state index contributed by atoms with van der Waals surface area (Å²) in [6, 6.07) is 13.0. The van der Waals surface area contributed by atoms with Crippen LogP contribution < -0.4 is 21.2 Å². The number of aryl methyl sites for hydroxylation is 4. The van der Waals surface area contributed by atoms with Crippen molar-refractivity contribution >= 4 is 37.1 Å². The van der Waals surface area contributed by atoms with Crippen LogP contribution in [0.3, 0.4) is 0 Å². The number of benzene rings is 4. The molecule has 0 bridgehead atoms. The summed E-state index contributed by atoms with van der Waals surface area (Å²) in [6.07, 6.45) is -6.92. The van der Waals surface area contributed by atoms with E-state index < -0.39 is 79.1 Å². The summed E-state index contributed by atoms with van der Waals surface area (Å²) in [7, 11) is -4.31. The molecule has 0 nitrogen and oxygen atoms in total. The van der Waals surface area contributed by atoms with E-state index in [1.54, 1.807) is 13.3 Å². The normalized spacial score (nSPS) is 16.3. The Balaban J connectivity index is 0.00000119. The predicted octanol–water partition coefficient (Wildman–Crippen LogP) is 12.7. The minimum atomic E-state index is -5.33. The van der Waals surface area contributed by atoms with E-state index in [0.717, 1.165) is 32.9 Å². The molecule has 2 aliphatic carbocycles. The summed E-state index contributed by atoms with van der Waals surface area (Å²) in [5.41, 5.74) is -3.83. The van der Waals surface area contributed by atoms with Crippen LogP contribution in [0.5, 0.6) is 0 Å². The van der Waals surface area contributed by atoms with E-state index in [1.807, 2.05) is 96.2 Å². The molecule has 10 radical (unpaired) electrons. The fourth-order valence-corrected chi connectivity index (χ4v) is 12.6. The zero-order valence-corrected chi connectivity index (χ0v) is 34.8. The first-order valence-electron chi connectivity index (χ1n) is 17.6. The van der Waals surface area contributed by atoms with Crippen molar-refractivity contribution in [3.8, 4) is 0 Å². The summed E-state index contributed by atoms with van der Waals surface area (Å²) in [5.74, 6) is 0.373. The molecule has 0 spiro atoms. The van der Waals surface area contributed by atoms with Gasteiger partial charge in [-0.15, -0.1) is 0 Å². The molecule has 2 aliphatic rings. The van der Waals surface area contributed by atoms with Gasteiger partial charge in [-0.05, 0) is 164 Å². The molecule has 4 aromatic carbocycles. The number of hydrogen-bond donors (Lipinski definition) is 0. The molecule has 4 aromatic rings. The van der Waals surface area contributed by atoms with Crippen molar-refractivity contribution in [1.82, 2.24) is 0 Å². The number of halogens is 12. The van der Waals surface area contributed by atoms with Crippen LogP contribution in [-0.4, -0.2) is 5.66 Å². The van der Waals surface area contributed by atoms with Gasteiger partial charge in [-0.1, -0.05) is 65.6 Å². The van der Waals surface area contributed by atoms with Crippen molar-refractivity contribution in [2.45, 2.75) is 65.0 Å². The Morgan fingerprint density at radius 1 is 0.390 bits per heavy atom. The van der Waals surface area contributed by atoms with Gasteiger partial charge in [0.15, 0.2) is 0 Å². The van der Waals surface area contributed by atoms with Crippen LogP contribution in [0.2, 0.25) is 0 Å². The molecule has 2 fully saturated rings. The Labute approximate surface area is 350 Å². The van der Waals surface area contributed by atoms with Gasteiger partial charge in [0.25, 0.3) is 0 Å². The SMILES string of the molecule is Cc1cc(C)cc(P(c2cc(C)cc(C)c2)[C@H](C)[C]2[CH][CH][CH][C]2P(c2cc(C(F)(F)F)cc(C(F)(F)F)c2)c2cc(C(F)(F)F)cc(C(F)(F)F)c2)c1.[CH]1[CH][CH][CH][CH]1.[Fe]. The van der Waals surface area contributed by atoms with Crippen LogP contribution in [0.4, 0.5) is 52.7 Å². The van der Waals surface area contributed by atoms with Crippen molar-refractivity contribution in [2.75, 3.05) is 0 Å². The van der Waals surface area contributed by atoms with Gasteiger partial charge >= 0.3 is 24.7 Å². The Kier molecular flexibility index (Phi) is 16.0. The Bertz CT molecular complexity index is 1810.